The van der Waals surface area contributed by atoms with E-state index in [1.165, 1.54) is 6.42 Å². The Labute approximate surface area is 74.6 Å². The van der Waals surface area contributed by atoms with Gasteiger partial charge in [0.05, 0.1) is 0 Å². The first-order valence-electron chi connectivity index (χ1n) is 4.24. The normalized spacial score (nSPS) is 11.2. The molecule has 0 fully saturated rings. The van der Waals surface area contributed by atoms with Crippen molar-refractivity contribution in [2.24, 2.45) is 5.16 Å². The summed E-state index contributed by atoms with van der Waals surface area (Å²) in [4.78, 5) is 6.57. The van der Waals surface area contributed by atoms with Gasteiger partial charge in [0, 0.05) is 20.6 Å². The minimum atomic E-state index is 0.769. The van der Waals surface area contributed by atoms with Gasteiger partial charge in [-0.15, -0.1) is 0 Å². The van der Waals surface area contributed by atoms with Gasteiger partial charge in [0.1, 0.15) is 7.11 Å². The highest BCUT2D eigenvalue weighted by atomic mass is 16.6. The molecular weight excluding hydrogens is 154 g/mol. The van der Waals surface area contributed by atoms with Crippen molar-refractivity contribution in [3.05, 3.63) is 0 Å². The predicted molar refractivity (Wildman–Crippen MR) is 51.0 cm³/mol. The fourth-order valence-electron chi connectivity index (χ4n) is 0.735. The first kappa shape index (κ1) is 11.1. The third-order valence-electron chi connectivity index (χ3n) is 1.41. The van der Waals surface area contributed by atoms with Crippen molar-refractivity contribution in [1.29, 1.82) is 0 Å². The lowest BCUT2D eigenvalue weighted by atomic mass is 10.3. The molecule has 1 N–H and O–H groups in total. The Kier molecular flexibility index (Phi) is 6.24. The Hall–Kier alpha value is -0.930. The maximum absolute atomic E-state index is 4.68. The molecule has 0 unspecified atom stereocenters. The minimum Gasteiger partial charge on any atom is -0.396 e. The summed E-state index contributed by atoms with van der Waals surface area (Å²) in [6.45, 7) is 3.10. The van der Waals surface area contributed by atoms with Crippen LogP contribution in [0.2, 0.25) is 0 Å². The topological polar surface area (TPSA) is 36.9 Å². The van der Waals surface area contributed by atoms with Crippen molar-refractivity contribution >= 4 is 5.96 Å². The van der Waals surface area contributed by atoms with Crippen LogP contribution < -0.4 is 5.32 Å². The average Bonchev–Trinajstić information content (AvgIpc) is 2.03. The molecule has 0 aliphatic carbocycles. The molecule has 4 nitrogen and oxygen atoms in total. The van der Waals surface area contributed by atoms with Crippen LogP contribution in [0, 0.1) is 0 Å². The molecule has 0 aliphatic heterocycles. The van der Waals surface area contributed by atoms with Crippen LogP contribution in [-0.4, -0.2) is 38.6 Å². The number of unbranched alkanes of at least 4 members (excludes halogenated alkanes) is 1. The van der Waals surface area contributed by atoms with E-state index in [-0.39, 0.29) is 0 Å². The van der Waals surface area contributed by atoms with Gasteiger partial charge in [-0.2, -0.15) is 0 Å². The molecule has 0 aromatic rings. The molecule has 0 atom stereocenters. The summed E-state index contributed by atoms with van der Waals surface area (Å²) in [6, 6.07) is 0. The van der Waals surface area contributed by atoms with Gasteiger partial charge in [0.15, 0.2) is 0 Å². The summed E-state index contributed by atoms with van der Waals surface area (Å²) < 4.78 is 0. The third kappa shape index (κ3) is 4.82. The lowest BCUT2D eigenvalue weighted by Crippen LogP contribution is -2.36. The van der Waals surface area contributed by atoms with E-state index < -0.39 is 0 Å². The lowest BCUT2D eigenvalue weighted by Gasteiger charge is -2.15. The van der Waals surface area contributed by atoms with E-state index in [2.05, 4.69) is 22.2 Å². The quantitative estimate of drug-likeness (QED) is 0.296. The number of nitrogens with one attached hydrogen (secondary N) is 1. The summed E-state index contributed by atoms with van der Waals surface area (Å²) in [5.74, 6) is 0.769. The molecule has 0 aromatic heterocycles. The van der Waals surface area contributed by atoms with Crippen LogP contribution in [0.25, 0.3) is 0 Å². The van der Waals surface area contributed by atoms with Crippen molar-refractivity contribution in [3.63, 3.8) is 0 Å². The summed E-state index contributed by atoms with van der Waals surface area (Å²) in [5.41, 5.74) is 0. The van der Waals surface area contributed by atoms with Gasteiger partial charge < -0.3 is 15.1 Å². The average molecular weight is 173 g/mol. The first-order valence-corrected chi connectivity index (χ1v) is 4.24. The molecule has 0 heterocycles. The highest BCUT2D eigenvalue weighted by Gasteiger charge is 1.99. The maximum Gasteiger partial charge on any atom is 0.235 e. The molecule has 12 heavy (non-hydrogen) atoms. The van der Waals surface area contributed by atoms with Gasteiger partial charge in [-0.05, 0) is 11.6 Å². The van der Waals surface area contributed by atoms with Gasteiger partial charge in [-0.1, -0.05) is 13.3 Å². The third-order valence-corrected chi connectivity index (χ3v) is 1.41. The van der Waals surface area contributed by atoms with Crippen LogP contribution in [0.1, 0.15) is 19.8 Å². The summed E-state index contributed by atoms with van der Waals surface area (Å²) in [5, 5.41) is 7.00. The van der Waals surface area contributed by atoms with Crippen molar-refractivity contribution in [3.8, 4) is 0 Å². The van der Waals surface area contributed by atoms with Crippen molar-refractivity contribution < 1.29 is 4.84 Å². The first-order chi connectivity index (χ1) is 5.72. The van der Waals surface area contributed by atoms with E-state index in [1.807, 2.05) is 19.0 Å². The van der Waals surface area contributed by atoms with Crippen LogP contribution in [0.5, 0.6) is 0 Å². The number of nitrogens with zero attached hydrogens (tertiary/aromatic N) is 2. The van der Waals surface area contributed by atoms with Crippen LogP contribution in [-0.2, 0) is 4.84 Å². The second-order valence-electron chi connectivity index (χ2n) is 2.77. The summed E-state index contributed by atoms with van der Waals surface area (Å²) in [6.07, 6.45) is 2.33. The molecular formula is C8H19N3O. The fourth-order valence-corrected chi connectivity index (χ4v) is 0.735. The van der Waals surface area contributed by atoms with Crippen LogP contribution in [0.15, 0.2) is 5.16 Å². The SMILES string of the molecule is CCCCN/C(=N/OC)N(C)C. The van der Waals surface area contributed by atoms with Gasteiger partial charge in [0.25, 0.3) is 0 Å². The number of hydrogen-bond donors (Lipinski definition) is 1. The molecule has 72 valence electrons. The molecule has 4 heteroatoms. The van der Waals surface area contributed by atoms with Crippen molar-refractivity contribution in [1.82, 2.24) is 10.2 Å². The molecule has 0 bridgehead atoms. The number of guanidine groups is 1. The Balaban J connectivity index is 3.72. The lowest BCUT2D eigenvalue weighted by molar-refractivity contribution is 0.206. The van der Waals surface area contributed by atoms with Crippen LogP contribution >= 0.6 is 0 Å². The molecule has 0 saturated carbocycles. The Bertz CT molecular complexity index is 134. The summed E-state index contributed by atoms with van der Waals surface area (Å²) >= 11 is 0. The Morgan fingerprint density at radius 3 is 2.58 bits per heavy atom. The fraction of sp³-hybridized carbons (Fsp3) is 0.875. The smallest absolute Gasteiger partial charge is 0.235 e. The van der Waals surface area contributed by atoms with E-state index in [0.29, 0.717) is 0 Å². The minimum absolute atomic E-state index is 0.769. The zero-order valence-corrected chi connectivity index (χ0v) is 8.42. The van der Waals surface area contributed by atoms with Gasteiger partial charge in [-0.3, -0.25) is 0 Å². The number of oxime groups is 1. The van der Waals surface area contributed by atoms with Crippen molar-refractivity contribution in [2.75, 3.05) is 27.7 Å². The molecule has 0 saturated heterocycles. The second kappa shape index (κ2) is 6.76. The van der Waals surface area contributed by atoms with Gasteiger partial charge in [-0.25, -0.2) is 0 Å². The highest BCUT2D eigenvalue weighted by Crippen LogP contribution is 1.85. The van der Waals surface area contributed by atoms with Crippen molar-refractivity contribution in [2.45, 2.75) is 19.8 Å². The van der Waals surface area contributed by atoms with Gasteiger partial charge >= 0.3 is 0 Å². The predicted octanol–water partition coefficient (Wildman–Crippen LogP) is 0.855. The van der Waals surface area contributed by atoms with E-state index >= 15 is 0 Å². The van der Waals surface area contributed by atoms with E-state index in [0.717, 1.165) is 18.9 Å². The molecule has 0 amide bonds. The van der Waals surface area contributed by atoms with E-state index in [9.17, 15) is 0 Å². The monoisotopic (exact) mass is 173 g/mol. The second-order valence-corrected chi connectivity index (χ2v) is 2.77. The van der Waals surface area contributed by atoms with Gasteiger partial charge in [0.2, 0.25) is 5.96 Å². The molecule has 0 aliphatic rings. The largest absolute Gasteiger partial charge is 0.396 e. The molecule has 0 aromatic carbocycles. The number of rotatable bonds is 4. The number of hydrogen-bond acceptors (Lipinski definition) is 2. The molecule has 0 radical (unpaired) electrons. The van der Waals surface area contributed by atoms with E-state index in [4.69, 9.17) is 0 Å². The zero-order valence-electron chi connectivity index (χ0n) is 8.42. The standard InChI is InChI=1S/C8H19N3O/c1-5-6-7-9-8(10-12-4)11(2)3/h5-7H2,1-4H3,(H,9,10). The summed E-state index contributed by atoms with van der Waals surface area (Å²) in [7, 11) is 5.40. The van der Waals surface area contributed by atoms with E-state index in [1.54, 1.807) is 7.11 Å². The van der Waals surface area contributed by atoms with Crippen LogP contribution in [0.3, 0.4) is 0 Å². The van der Waals surface area contributed by atoms with Crippen LogP contribution in [0.4, 0.5) is 0 Å². The highest BCUT2D eigenvalue weighted by molar-refractivity contribution is 5.78. The zero-order chi connectivity index (χ0) is 9.40. The Morgan fingerprint density at radius 2 is 2.17 bits per heavy atom. The molecule has 0 spiro atoms. The maximum atomic E-state index is 4.68. The Morgan fingerprint density at radius 1 is 1.50 bits per heavy atom. The molecule has 0 rings (SSSR count).